The van der Waals surface area contributed by atoms with E-state index in [4.69, 9.17) is 9.47 Å². The van der Waals surface area contributed by atoms with Crippen molar-refractivity contribution in [3.05, 3.63) is 96.2 Å². The molecule has 2 atom stereocenters. The summed E-state index contributed by atoms with van der Waals surface area (Å²) in [4.78, 5) is 12.4. The van der Waals surface area contributed by atoms with Gasteiger partial charge in [0.15, 0.2) is 0 Å². The first-order valence-corrected chi connectivity index (χ1v) is 11.0. The summed E-state index contributed by atoms with van der Waals surface area (Å²) in [6.45, 7) is 0.417. The third-order valence-corrected chi connectivity index (χ3v) is 5.85. The van der Waals surface area contributed by atoms with Gasteiger partial charge in [-0.25, -0.2) is 4.79 Å². The molecule has 176 valence electrons. The Kier molecular flexibility index (Phi) is 7.04. The van der Waals surface area contributed by atoms with Crippen molar-refractivity contribution >= 4 is 17.0 Å². The Balaban J connectivity index is 1.59. The number of rotatable bonds is 9. The summed E-state index contributed by atoms with van der Waals surface area (Å²) in [5, 5.41) is 21.3. The quantitative estimate of drug-likeness (QED) is 0.375. The molecule has 1 amide bonds. The van der Waals surface area contributed by atoms with Crippen LogP contribution in [0.2, 0.25) is 0 Å². The van der Waals surface area contributed by atoms with Gasteiger partial charge in [-0.3, -0.25) is 0 Å². The first kappa shape index (κ1) is 23.2. The van der Waals surface area contributed by atoms with Gasteiger partial charge in [0.2, 0.25) is 0 Å². The Hall–Kier alpha value is -3.97. The molecule has 7 heteroatoms. The number of hydrogen-bond acceptors (Lipinski definition) is 4. The summed E-state index contributed by atoms with van der Waals surface area (Å²) in [7, 11) is 3.09. The number of carbonyl (C=O) groups is 1. The summed E-state index contributed by atoms with van der Waals surface area (Å²) in [5.41, 5.74) is 2.85. The monoisotopic (exact) mass is 460 g/mol. The van der Waals surface area contributed by atoms with E-state index in [1.165, 1.54) is 7.05 Å². The maximum absolute atomic E-state index is 11.3. The number of aliphatic hydroxyl groups is 1. The Morgan fingerprint density at radius 1 is 1.00 bits per heavy atom. The van der Waals surface area contributed by atoms with E-state index in [9.17, 15) is 15.0 Å². The smallest absolute Gasteiger partial charge is 0.407 e. The highest BCUT2D eigenvalue weighted by Crippen LogP contribution is 2.30. The maximum atomic E-state index is 11.3. The number of benzene rings is 3. The molecule has 0 saturated carbocycles. The van der Waals surface area contributed by atoms with Gasteiger partial charge in [-0.05, 0) is 47.5 Å². The number of fused-ring (bicyclic) bond motifs is 1. The molecule has 0 aliphatic rings. The standard InChI is InChI=1S/C27H28N2O5/c1-28(27(31)32)17-25(30)26(20-6-4-3-5-7-20)29-15-14-21-16-23(12-13-24(21)29)34-18-19-8-10-22(33-2)11-9-19/h3-16,25-26,30H,17-18H2,1-2H3,(H,31,32). The predicted molar refractivity (Wildman–Crippen MR) is 131 cm³/mol. The van der Waals surface area contributed by atoms with Crippen LogP contribution < -0.4 is 9.47 Å². The predicted octanol–water partition coefficient (Wildman–Crippen LogP) is 4.79. The van der Waals surface area contributed by atoms with Crippen LogP contribution in [0.5, 0.6) is 11.5 Å². The van der Waals surface area contributed by atoms with Crippen LogP contribution in [-0.4, -0.2) is 52.6 Å². The lowest BCUT2D eigenvalue weighted by Gasteiger charge is -2.28. The number of aliphatic hydroxyl groups excluding tert-OH is 1. The Morgan fingerprint density at radius 2 is 1.71 bits per heavy atom. The largest absolute Gasteiger partial charge is 0.497 e. The second-order valence-electron chi connectivity index (χ2n) is 8.17. The molecule has 1 heterocycles. The number of amides is 1. The normalized spacial score (nSPS) is 12.8. The van der Waals surface area contributed by atoms with Crippen LogP contribution in [0.4, 0.5) is 4.79 Å². The van der Waals surface area contributed by atoms with Gasteiger partial charge in [-0.1, -0.05) is 42.5 Å². The lowest BCUT2D eigenvalue weighted by atomic mass is 10.0. The van der Waals surface area contributed by atoms with E-state index in [2.05, 4.69) is 0 Å². The SMILES string of the molecule is COc1ccc(COc2ccc3c(ccn3C(c3ccccc3)C(O)CN(C)C(=O)O)c2)cc1. The van der Waals surface area contributed by atoms with Gasteiger partial charge >= 0.3 is 6.09 Å². The summed E-state index contributed by atoms with van der Waals surface area (Å²) in [6, 6.07) is 24.7. The van der Waals surface area contributed by atoms with Crippen LogP contribution in [0.15, 0.2) is 85.1 Å². The van der Waals surface area contributed by atoms with Crippen LogP contribution >= 0.6 is 0 Å². The third-order valence-electron chi connectivity index (χ3n) is 5.85. The summed E-state index contributed by atoms with van der Waals surface area (Å²) >= 11 is 0. The molecule has 0 spiro atoms. The Bertz CT molecular complexity index is 1240. The van der Waals surface area contributed by atoms with Gasteiger partial charge in [0.05, 0.1) is 25.8 Å². The van der Waals surface area contributed by atoms with Crippen molar-refractivity contribution in [2.24, 2.45) is 0 Å². The molecule has 4 rings (SSSR count). The van der Waals surface area contributed by atoms with Gasteiger partial charge in [0.25, 0.3) is 0 Å². The van der Waals surface area contributed by atoms with E-state index in [1.807, 2.05) is 89.6 Å². The van der Waals surface area contributed by atoms with Crippen LogP contribution in [0.3, 0.4) is 0 Å². The highest BCUT2D eigenvalue weighted by molar-refractivity contribution is 5.82. The van der Waals surface area contributed by atoms with E-state index < -0.39 is 18.2 Å². The molecule has 0 aliphatic carbocycles. The van der Waals surface area contributed by atoms with Crippen LogP contribution in [0.1, 0.15) is 17.2 Å². The molecule has 4 aromatic rings. The summed E-state index contributed by atoms with van der Waals surface area (Å²) in [6.07, 6.45) is -0.105. The van der Waals surface area contributed by atoms with Gasteiger partial charge in [0, 0.05) is 24.1 Å². The highest BCUT2D eigenvalue weighted by atomic mass is 16.5. The molecule has 2 unspecified atom stereocenters. The minimum atomic E-state index is -1.08. The average Bonchev–Trinajstić information content (AvgIpc) is 3.26. The molecule has 1 aromatic heterocycles. The van der Waals surface area contributed by atoms with E-state index in [-0.39, 0.29) is 6.54 Å². The first-order valence-electron chi connectivity index (χ1n) is 11.0. The fraction of sp³-hybridized carbons (Fsp3) is 0.222. The number of aromatic nitrogens is 1. The lowest BCUT2D eigenvalue weighted by molar-refractivity contribution is 0.0850. The molecule has 0 radical (unpaired) electrons. The van der Waals surface area contributed by atoms with E-state index >= 15 is 0 Å². The van der Waals surface area contributed by atoms with Crippen molar-refractivity contribution < 1.29 is 24.5 Å². The number of likely N-dealkylation sites (N-methyl/N-ethyl adjacent to an activating group) is 1. The molecule has 2 N–H and O–H groups in total. The van der Waals surface area contributed by atoms with E-state index in [0.29, 0.717) is 6.61 Å². The maximum Gasteiger partial charge on any atom is 0.407 e. The fourth-order valence-electron chi connectivity index (χ4n) is 4.04. The summed E-state index contributed by atoms with van der Waals surface area (Å²) < 4.78 is 13.2. The van der Waals surface area contributed by atoms with Crippen molar-refractivity contribution in [2.45, 2.75) is 18.8 Å². The zero-order chi connectivity index (χ0) is 24.1. The second-order valence-corrected chi connectivity index (χ2v) is 8.17. The van der Waals surface area contributed by atoms with Crippen LogP contribution in [0.25, 0.3) is 10.9 Å². The van der Waals surface area contributed by atoms with Gasteiger partial charge in [0.1, 0.15) is 18.1 Å². The molecule has 0 bridgehead atoms. The minimum Gasteiger partial charge on any atom is -0.497 e. The number of hydrogen-bond donors (Lipinski definition) is 2. The number of nitrogens with zero attached hydrogens (tertiary/aromatic N) is 2. The van der Waals surface area contributed by atoms with Crippen LogP contribution in [0, 0.1) is 0 Å². The molecule has 0 aliphatic heterocycles. The molecule has 3 aromatic carbocycles. The summed E-state index contributed by atoms with van der Waals surface area (Å²) in [5.74, 6) is 1.54. The fourth-order valence-corrected chi connectivity index (χ4v) is 4.04. The molecular formula is C27H28N2O5. The number of methoxy groups -OCH3 is 1. The molecule has 7 nitrogen and oxygen atoms in total. The van der Waals surface area contributed by atoms with E-state index in [0.717, 1.165) is 38.4 Å². The van der Waals surface area contributed by atoms with Crippen LogP contribution in [-0.2, 0) is 6.61 Å². The number of carboxylic acid groups (broad SMARTS) is 1. The Labute approximate surface area is 198 Å². The van der Waals surface area contributed by atoms with Crippen molar-refractivity contribution in [1.29, 1.82) is 0 Å². The number of ether oxygens (including phenoxy) is 2. The van der Waals surface area contributed by atoms with Gasteiger partial charge in [-0.15, -0.1) is 0 Å². The molecular weight excluding hydrogens is 432 g/mol. The van der Waals surface area contributed by atoms with Gasteiger partial charge in [-0.2, -0.15) is 0 Å². The minimum absolute atomic E-state index is 0.0162. The van der Waals surface area contributed by atoms with E-state index in [1.54, 1.807) is 7.11 Å². The van der Waals surface area contributed by atoms with Gasteiger partial charge < -0.3 is 29.2 Å². The molecule has 0 saturated heterocycles. The van der Waals surface area contributed by atoms with Crippen molar-refractivity contribution in [3.63, 3.8) is 0 Å². The zero-order valence-corrected chi connectivity index (χ0v) is 19.2. The Morgan fingerprint density at radius 3 is 2.38 bits per heavy atom. The zero-order valence-electron chi connectivity index (χ0n) is 19.2. The van der Waals surface area contributed by atoms with Crippen molar-refractivity contribution in [1.82, 2.24) is 9.47 Å². The third kappa shape index (κ3) is 5.15. The van der Waals surface area contributed by atoms with Crippen molar-refractivity contribution in [3.8, 4) is 11.5 Å². The molecule has 34 heavy (non-hydrogen) atoms. The van der Waals surface area contributed by atoms with Crippen molar-refractivity contribution in [2.75, 3.05) is 20.7 Å². The lowest BCUT2D eigenvalue weighted by Crippen LogP contribution is -2.38. The first-order chi connectivity index (χ1) is 16.5. The highest BCUT2D eigenvalue weighted by Gasteiger charge is 2.26. The molecule has 0 fully saturated rings. The topological polar surface area (TPSA) is 84.2 Å². The second kappa shape index (κ2) is 10.3. The average molecular weight is 461 g/mol.